The van der Waals surface area contributed by atoms with Crippen LogP contribution in [0.15, 0.2) is 94.9 Å². The predicted octanol–water partition coefficient (Wildman–Crippen LogP) is 5.11. The number of nitrogens with one attached hydrogen (secondary N) is 1. The largest absolute Gasteiger partial charge is 0.436 e. The summed E-state index contributed by atoms with van der Waals surface area (Å²) in [5, 5.41) is 7.65. The number of hydrogen-bond acceptors (Lipinski definition) is 7. The van der Waals surface area contributed by atoms with Crippen LogP contribution in [0.4, 0.5) is 5.69 Å². The Labute approximate surface area is 200 Å². The van der Waals surface area contributed by atoms with E-state index in [0.717, 1.165) is 16.8 Å². The van der Waals surface area contributed by atoms with Crippen LogP contribution in [0.25, 0.3) is 0 Å². The van der Waals surface area contributed by atoms with Crippen molar-refractivity contribution in [2.45, 2.75) is 12.5 Å². The van der Waals surface area contributed by atoms with E-state index in [1.54, 1.807) is 35.5 Å². The molecular formula is C25H20ClN5O3. The maximum Gasteiger partial charge on any atom is 0.259 e. The highest BCUT2D eigenvalue weighted by Gasteiger charge is 2.33. The summed E-state index contributed by atoms with van der Waals surface area (Å²) in [7, 11) is 0. The smallest absolute Gasteiger partial charge is 0.259 e. The molecule has 1 aliphatic rings. The highest BCUT2D eigenvalue weighted by Crippen LogP contribution is 2.26. The molecule has 1 aliphatic heterocycles. The molecular weight excluding hydrogens is 454 g/mol. The number of benzene rings is 2. The van der Waals surface area contributed by atoms with Gasteiger partial charge >= 0.3 is 0 Å². The van der Waals surface area contributed by atoms with Crippen molar-refractivity contribution in [3.63, 3.8) is 0 Å². The Morgan fingerprint density at radius 1 is 1.09 bits per heavy atom. The average molecular weight is 474 g/mol. The summed E-state index contributed by atoms with van der Waals surface area (Å²) >= 11 is 6.04. The zero-order valence-electron chi connectivity index (χ0n) is 18.0. The Bertz CT molecular complexity index is 1280. The number of aromatic nitrogens is 2. The summed E-state index contributed by atoms with van der Waals surface area (Å²) in [6.45, 7) is 0.684. The van der Waals surface area contributed by atoms with Gasteiger partial charge in [-0.05, 0) is 58.7 Å². The first-order chi connectivity index (χ1) is 16.7. The molecule has 1 unspecified atom stereocenters. The zero-order valence-corrected chi connectivity index (χ0v) is 18.7. The SMILES string of the molecule is O=C1C(c2cccnc2)CN=C(Nc2ccc(Oc3ccon3)cc2)N1Cc1ccc(Cl)cc1. The quantitative estimate of drug-likeness (QED) is 0.418. The first kappa shape index (κ1) is 21.7. The maximum atomic E-state index is 13.5. The van der Waals surface area contributed by atoms with Crippen LogP contribution in [0.5, 0.6) is 11.6 Å². The second-order valence-corrected chi connectivity index (χ2v) is 8.08. The van der Waals surface area contributed by atoms with E-state index in [-0.39, 0.29) is 5.91 Å². The molecule has 5 rings (SSSR count). The molecule has 1 N–H and O–H groups in total. The average Bonchev–Trinajstić information content (AvgIpc) is 3.37. The number of anilines is 1. The monoisotopic (exact) mass is 473 g/mol. The molecule has 2 aromatic heterocycles. The van der Waals surface area contributed by atoms with Gasteiger partial charge < -0.3 is 14.6 Å². The second kappa shape index (κ2) is 9.76. The molecule has 170 valence electrons. The number of halogens is 1. The number of ether oxygens (including phenoxy) is 1. The third-order valence-electron chi connectivity index (χ3n) is 5.33. The molecule has 0 bridgehead atoms. The first-order valence-electron chi connectivity index (χ1n) is 10.6. The van der Waals surface area contributed by atoms with Crippen molar-refractivity contribution in [2.75, 3.05) is 11.9 Å². The highest BCUT2D eigenvalue weighted by molar-refractivity contribution is 6.30. The third-order valence-corrected chi connectivity index (χ3v) is 5.58. The summed E-state index contributed by atoms with van der Waals surface area (Å²) in [4.78, 5) is 24.1. The number of pyridine rings is 1. The number of amides is 1. The van der Waals surface area contributed by atoms with Gasteiger partial charge in [-0.25, -0.2) is 0 Å². The molecule has 0 aliphatic carbocycles. The van der Waals surface area contributed by atoms with Gasteiger partial charge in [0.05, 0.1) is 19.0 Å². The number of aliphatic imine (C=N–C) groups is 1. The van der Waals surface area contributed by atoms with Crippen LogP contribution in [0.1, 0.15) is 17.0 Å². The van der Waals surface area contributed by atoms with Crippen molar-refractivity contribution < 1.29 is 14.1 Å². The van der Waals surface area contributed by atoms with Crippen LogP contribution in [-0.2, 0) is 11.3 Å². The molecule has 0 spiro atoms. The fourth-order valence-electron chi connectivity index (χ4n) is 3.61. The molecule has 9 heteroatoms. The van der Waals surface area contributed by atoms with Crippen molar-refractivity contribution in [3.05, 3.63) is 102 Å². The molecule has 8 nitrogen and oxygen atoms in total. The lowest BCUT2D eigenvalue weighted by atomic mass is 9.98. The van der Waals surface area contributed by atoms with E-state index in [0.29, 0.717) is 35.7 Å². The van der Waals surface area contributed by atoms with E-state index in [1.807, 2.05) is 48.5 Å². The number of guanidine groups is 1. The van der Waals surface area contributed by atoms with Gasteiger partial charge in [0.15, 0.2) is 0 Å². The minimum Gasteiger partial charge on any atom is -0.436 e. The predicted molar refractivity (Wildman–Crippen MR) is 128 cm³/mol. The molecule has 34 heavy (non-hydrogen) atoms. The van der Waals surface area contributed by atoms with Crippen LogP contribution in [0.3, 0.4) is 0 Å². The summed E-state index contributed by atoms with van der Waals surface area (Å²) in [5.41, 5.74) is 2.54. The minimum absolute atomic E-state index is 0.0496. The molecule has 1 amide bonds. The topological polar surface area (TPSA) is 92.8 Å². The van der Waals surface area contributed by atoms with Gasteiger partial charge in [-0.2, -0.15) is 0 Å². The molecule has 3 heterocycles. The number of rotatable bonds is 6. The van der Waals surface area contributed by atoms with Crippen LogP contribution >= 0.6 is 11.6 Å². The fourth-order valence-corrected chi connectivity index (χ4v) is 3.73. The van der Waals surface area contributed by atoms with Crippen LogP contribution in [-0.4, -0.2) is 33.5 Å². The number of hydrogen-bond donors (Lipinski definition) is 1. The lowest BCUT2D eigenvalue weighted by molar-refractivity contribution is -0.129. The Kier molecular flexibility index (Phi) is 6.22. The van der Waals surface area contributed by atoms with E-state index in [4.69, 9.17) is 25.9 Å². The van der Waals surface area contributed by atoms with Gasteiger partial charge in [0, 0.05) is 29.2 Å². The molecule has 0 radical (unpaired) electrons. The molecule has 1 atom stereocenters. The molecule has 4 aromatic rings. The Balaban J connectivity index is 1.38. The van der Waals surface area contributed by atoms with Crippen molar-refractivity contribution in [1.29, 1.82) is 0 Å². The van der Waals surface area contributed by atoms with Crippen LogP contribution < -0.4 is 10.1 Å². The number of carbonyl (C=O) groups is 1. The van der Waals surface area contributed by atoms with Gasteiger partial charge in [-0.15, -0.1) is 0 Å². The van der Waals surface area contributed by atoms with Gasteiger partial charge in [0.1, 0.15) is 12.0 Å². The lowest BCUT2D eigenvalue weighted by Crippen LogP contribution is -2.47. The van der Waals surface area contributed by atoms with Gasteiger partial charge in [0.2, 0.25) is 11.9 Å². The third kappa shape index (κ3) is 4.92. The van der Waals surface area contributed by atoms with E-state index in [9.17, 15) is 4.79 Å². The van der Waals surface area contributed by atoms with Gasteiger partial charge in [-0.1, -0.05) is 29.8 Å². The van der Waals surface area contributed by atoms with Crippen LogP contribution in [0.2, 0.25) is 5.02 Å². The number of nitrogens with zero attached hydrogens (tertiary/aromatic N) is 4. The Morgan fingerprint density at radius 2 is 1.91 bits per heavy atom. The minimum atomic E-state index is -0.398. The normalized spacial score (nSPS) is 15.7. The molecule has 0 saturated heterocycles. The van der Waals surface area contributed by atoms with Crippen molar-refractivity contribution in [3.8, 4) is 11.6 Å². The van der Waals surface area contributed by atoms with Crippen molar-refractivity contribution in [1.82, 2.24) is 15.0 Å². The summed E-state index contributed by atoms with van der Waals surface area (Å²) in [6.07, 6.45) is 4.84. The lowest BCUT2D eigenvalue weighted by Gasteiger charge is -2.32. The molecule has 0 saturated carbocycles. The first-order valence-corrected chi connectivity index (χ1v) is 11.0. The standard InChI is InChI=1S/C25H20ClN5O3/c26-19-5-3-17(4-6-19)16-31-24(32)22(18-2-1-12-27-14-18)15-28-25(31)29-20-7-9-21(10-8-20)34-23-11-13-33-30-23/h1-14,22H,15-16H2,(H,28,29). The number of carbonyl (C=O) groups excluding carboxylic acids is 1. The van der Waals surface area contributed by atoms with E-state index >= 15 is 0 Å². The van der Waals surface area contributed by atoms with Crippen molar-refractivity contribution >= 4 is 29.2 Å². The van der Waals surface area contributed by atoms with Gasteiger partial charge in [0.25, 0.3) is 5.88 Å². The van der Waals surface area contributed by atoms with Gasteiger partial charge in [-0.3, -0.25) is 19.7 Å². The maximum absolute atomic E-state index is 13.5. The molecule has 0 fully saturated rings. The second-order valence-electron chi connectivity index (χ2n) is 7.64. The van der Waals surface area contributed by atoms with E-state index in [1.165, 1.54) is 6.26 Å². The zero-order chi connectivity index (χ0) is 23.3. The van der Waals surface area contributed by atoms with Crippen LogP contribution in [0, 0.1) is 0 Å². The van der Waals surface area contributed by atoms with Crippen molar-refractivity contribution in [2.24, 2.45) is 4.99 Å². The highest BCUT2D eigenvalue weighted by atomic mass is 35.5. The molecule has 2 aromatic carbocycles. The summed E-state index contributed by atoms with van der Waals surface area (Å²) in [6, 6.07) is 20.0. The Hall–Kier alpha value is -4.17. The van der Waals surface area contributed by atoms with E-state index < -0.39 is 5.92 Å². The fraction of sp³-hybridized carbons (Fsp3) is 0.120. The Morgan fingerprint density at radius 3 is 2.62 bits per heavy atom. The van der Waals surface area contributed by atoms with E-state index in [2.05, 4.69) is 15.5 Å². The summed E-state index contributed by atoms with van der Waals surface area (Å²) in [5.74, 6) is 1.01. The summed E-state index contributed by atoms with van der Waals surface area (Å²) < 4.78 is 10.4.